The third-order valence-electron chi connectivity index (χ3n) is 4.80. The predicted octanol–water partition coefficient (Wildman–Crippen LogP) is -3.48. The number of rotatable bonds is 3. The van der Waals surface area contributed by atoms with Crippen molar-refractivity contribution in [1.29, 1.82) is 0 Å². The standard InChI is InChI=1S/C24H20N2O2.3ClH.Mn/c1-15-6-9-19(23(27)12-15)17-7-10-21(25-13-17)22-11-8-18(14-26-22)20-5-3-4-16(2)24(20)28;;;;/h3-14,27-28H,1-2H3;3*1H;/q;;;;+3/p-3. The van der Waals surface area contributed by atoms with E-state index in [9.17, 15) is 10.2 Å². The van der Waals surface area contributed by atoms with Gasteiger partial charge in [0.05, 0.1) is 11.4 Å². The number of hydrogen-bond donors (Lipinski definition) is 2. The van der Waals surface area contributed by atoms with Gasteiger partial charge in [0.2, 0.25) is 0 Å². The van der Waals surface area contributed by atoms with E-state index >= 15 is 0 Å². The van der Waals surface area contributed by atoms with Gasteiger partial charge in [0.1, 0.15) is 11.5 Å². The van der Waals surface area contributed by atoms with Gasteiger partial charge in [-0.15, -0.1) is 0 Å². The van der Waals surface area contributed by atoms with Crippen molar-refractivity contribution in [3.05, 3.63) is 84.2 Å². The molecule has 0 bridgehead atoms. The summed E-state index contributed by atoms with van der Waals surface area (Å²) >= 11 is 0. The third kappa shape index (κ3) is 6.16. The fourth-order valence-corrected chi connectivity index (χ4v) is 3.19. The second-order valence-corrected chi connectivity index (χ2v) is 6.86. The average Bonchev–Trinajstić information content (AvgIpc) is 2.71. The van der Waals surface area contributed by atoms with Gasteiger partial charge >= 0.3 is 17.1 Å². The Morgan fingerprint density at radius 3 is 1.72 bits per heavy atom. The summed E-state index contributed by atoms with van der Waals surface area (Å²) in [5.41, 5.74) is 6.55. The van der Waals surface area contributed by atoms with E-state index in [-0.39, 0.29) is 65.8 Å². The number of hydrogen-bond acceptors (Lipinski definition) is 4. The summed E-state index contributed by atoms with van der Waals surface area (Å²) in [7, 11) is 0. The van der Waals surface area contributed by atoms with E-state index in [0.717, 1.165) is 44.8 Å². The van der Waals surface area contributed by atoms with Gasteiger partial charge in [0, 0.05) is 34.6 Å². The van der Waals surface area contributed by atoms with Crippen LogP contribution in [0.5, 0.6) is 11.5 Å². The molecule has 8 heteroatoms. The summed E-state index contributed by atoms with van der Waals surface area (Å²) < 4.78 is 0. The third-order valence-corrected chi connectivity index (χ3v) is 4.80. The Kier molecular flexibility index (Phi) is 11.8. The van der Waals surface area contributed by atoms with Gasteiger partial charge in [-0.1, -0.05) is 42.5 Å². The van der Waals surface area contributed by atoms with Crippen LogP contribution in [0.1, 0.15) is 11.1 Å². The largest absolute Gasteiger partial charge is 3.00 e. The quantitative estimate of drug-likeness (QED) is 0.271. The minimum Gasteiger partial charge on any atom is -1.00 e. The molecule has 0 amide bonds. The van der Waals surface area contributed by atoms with Crippen LogP contribution in [0.15, 0.2) is 73.1 Å². The number of aromatic hydroxyl groups is 2. The van der Waals surface area contributed by atoms with Gasteiger partial charge in [-0.05, 0) is 43.2 Å². The van der Waals surface area contributed by atoms with E-state index in [1.165, 1.54) is 0 Å². The molecule has 4 nitrogen and oxygen atoms in total. The van der Waals surface area contributed by atoms with Crippen molar-refractivity contribution in [1.82, 2.24) is 9.97 Å². The molecule has 0 spiro atoms. The van der Waals surface area contributed by atoms with Gasteiger partial charge in [0.15, 0.2) is 0 Å². The molecule has 0 atom stereocenters. The van der Waals surface area contributed by atoms with Crippen LogP contribution in [0.2, 0.25) is 0 Å². The zero-order chi connectivity index (χ0) is 19.7. The molecule has 2 aromatic carbocycles. The first-order valence-corrected chi connectivity index (χ1v) is 9.04. The van der Waals surface area contributed by atoms with Crippen molar-refractivity contribution in [2.24, 2.45) is 0 Å². The van der Waals surface area contributed by atoms with E-state index in [1.54, 1.807) is 18.5 Å². The van der Waals surface area contributed by atoms with Crippen LogP contribution >= 0.6 is 0 Å². The number of benzene rings is 2. The Balaban J connectivity index is 0.00000240. The maximum atomic E-state index is 10.3. The molecule has 0 aliphatic carbocycles. The van der Waals surface area contributed by atoms with E-state index in [1.807, 2.05) is 68.4 Å². The van der Waals surface area contributed by atoms with Crippen molar-refractivity contribution in [2.45, 2.75) is 13.8 Å². The summed E-state index contributed by atoms with van der Waals surface area (Å²) in [4.78, 5) is 9.00. The molecule has 0 radical (unpaired) electrons. The van der Waals surface area contributed by atoms with Crippen LogP contribution in [-0.2, 0) is 17.1 Å². The molecule has 0 unspecified atom stereocenters. The molecule has 0 aliphatic heterocycles. The summed E-state index contributed by atoms with van der Waals surface area (Å²) in [5, 5.41) is 20.4. The van der Waals surface area contributed by atoms with Crippen LogP contribution in [-0.4, -0.2) is 20.2 Å². The first-order valence-electron chi connectivity index (χ1n) is 9.04. The number of halogens is 3. The topological polar surface area (TPSA) is 66.2 Å². The van der Waals surface area contributed by atoms with Gasteiger partial charge < -0.3 is 47.4 Å². The minimum absolute atomic E-state index is 0. The number of aryl methyl sites for hydroxylation is 2. The number of aromatic nitrogens is 2. The second-order valence-electron chi connectivity index (χ2n) is 6.86. The van der Waals surface area contributed by atoms with Crippen LogP contribution in [0.4, 0.5) is 0 Å². The molecule has 4 aromatic rings. The van der Waals surface area contributed by atoms with Crippen molar-refractivity contribution >= 4 is 0 Å². The average molecular weight is 530 g/mol. The van der Waals surface area contributed by atoms with Crippen LogP contribution < -0.4 is 37.2 Å². The van der Waals surface area contributed by atoms with Gasteiger partial charge in [0.25, 0.3) is 0 Å². The van der Waals surface area contributed by atoms with E-state index in [4.69, 9.17) is 0 Å². The molecule has 0 aliphatic rings. The first kappa shape index (κ1) is 29.7. The van der Waals surface area contributed by atoms with Gasteiger partial charge in [-0.25, -0.2) is 0 Å². The smallest absolute Gasteiger partial charge is 1.00 e. The molecule has 32 heavy (non-hydrogen) atoms. The molecule has 4 rings (SSSR count). The number of phenols is 2. The molecule has 2 heterocycles. The maximum Gasteiger partial charge on any atom is 3.00 e. The predicted molar refractivity (Wildman–Crippen MR) is 111 cm³/mol. The summed E-state index contributed by atoms with van der Waals surface area (Å²) in [6, 6.07) is 18.9. The summed E-state index contributed by atoms with van der Waals surface area (Å²) in [6.07, 6.45) is 3.48. The van der Waals surface area contributed by atoms with Crippen molar-refractivity contribution in [2.75, 3.05) is 0 Å². The fraction of sp³-hybridized carbons (Fsp3) is 0.0833. The molecule has 0 fully saturated rings. The molecule has 2 N–H and O–H groups in total. The number of nitrogens with zero attached hydrogens (tertiary/aromatic N) is 2. The van der Waals surface area contributed by atoms with Crippen LogP contribution in [0, 0.1) is 13.8 Å². The summed E-state index contributed by atoms with van der Waals surface area (Å²) in [6.45, 7) is 3.81. The van der Waals surface area contributed by atoms with E-state index in [2.05, 4.69) is 9.97 Å². The number of para-hydroxylation sites is 1. The molecule has 166 valence electrons. The van der Waals surface area contributed by atoms with Crippen molar-refractivity contribution in [3.63, 3.8) is 0 Å². The Hall–Kier alpha value is -2.27. The molecular formula is C24H20Cl3MnN2O2. The number of pyridine rings is 2. The van der Waals surface area contributed by atoms with Gasteiger partial charge in [-0.2, -0.15) is 0 Å². The van der Waals surface area contributed by atoms with E-state index < -0.39 is 0 Å². The first-order chi connectivity index (χ1) is 13.5. The second kappa shape index (κ2) is 12.7. The van der Waals surface area contributed by atoms with Crippen molar-refractivity contribution in [3.8, 4) is 45.1 Å². The summed E-state index contributed by atoms with van der Waals surface area (Å²) in [5.74, 6) is 0.521. The molecule has 2 aromatic heterocycles. The monoisotopic (exact) mass is 528 g/mol. The van der Waals surface area contributed by atoms with Crippen LogP contribution in [0.25, 0.3) is 33.6 Å². The fourth-order valence-electron chi connectivity index (χ4n) is 3.19. The van der Waals surface area contributed by atoms with E-state index in [0.29, 0.717) is 0 Å². The van der Waals surface area contributed by atoms with Crippen molar-refractivity contribution < 1.29 is 64.5 Å². The maximum absolute atomic E-state index is 10.3. The Morgan fingerprint density at radius 1 is 0.656 bits per heavy atom. The SMILES string of the molecule is Cc1ccc(-c2ccc(-c3ccc(-c4cccc(C)c4O)cn3)nc2)c(O)c1.[Cl-].[Cl-].[Cl-].[Mn+3]. The molecule has 0 saturated carbocycles. The Bertz CT molecular complexity index is 1160. The number of phenolic OH excluding ortho intramolecular Hbond substituents is 2. The van der Waals surface area contributed by atoms with Crippen LogP contribution in [0.3, 0.4) is 0 Å². The normalized spacial score (nSPS) is 9.44. The zero-order valence-corrected chi connectivity index (χ0v) is 20.7. The van der Waals surface area contributed by atoms with Gasteiger partial charge in [-0.3, -0.25) is 9.97 Å². The molecule has 0 saturated heterocycles. The minimum atomic E-state index is 0. The molecular weight excluding hydrogens is 510 g/mol. The Labute approximate surface area is 216 Å². The Morgan fingerprint density at radius 2 is 1.22 bits per heavy atom. The zero-order valence-electron chi connectivity index (χ0n) is 17.2.